The number of aliphatic hydroxyl groups is 1. The molecule has 0 radical (unpaired) electrons. The maximum atomic E-state index is 9.15. The van der Waals surface area contributed by atoms with Gasteiger partial charge in [-0.3, -0.25) is 0 Å². The van der Waals surface area contributed by atoms with Gasteiger partial charge in [0.15, 0.2) is 0 Å². The number of hydrogen-bond donors (Lipinski definition) is 3. The molecule has 5 heteroatoms. The third-order valence-electron chi connectivity index (χ3n) is 3.24. The fourth-order valence-electron chi connectivity index (χ4n) is 2.18. The van der Waals surface area contributed by atoms with Crippen molar-refractivity contribution < 1.29 is 5.11 Å². The van der Waals surface area contributed by atoms with E-state index in [4.69, 9.17) is 10.8 Å². The summed E-state index contributed by atoms with van der Waals surface area (Å²) in [6, 6.07) is 7.86. The van der Waals surface area contributed by atoms with Gasteiger partial charge in [0.2, 0.25) is 0 Å². The van der Waals surface area contributed by atoms with Crippen molar-refractivity contribution in [2.75, 3.05) is 11.1 Å². The first-order valence-electron chi connectivity index (χ1n) is 6.91. The van der Waals surface area contributed by atoms with Crippen LogP contribution in [0.2, 0.25) is 0 Å². The summed E-state index contributed by atoms with van der Waals surface area (Å²) >= 11 is 0. The summed E-state index contributed by atoms with van der Waals surface area (Å²) in [5, 5.41) is 16.9. The van der Waals surface area contributed by atoms with Crippen LogP contribution in [0.5, 0.6) is 0 Å². The topological polar surface area (TPSA) is 76.1 Å². The molecular weight excluding hydrogens is 252 g/mol. The minimum Gasteiger partial charge on any atom is -0.394 e. The Balaban J connectivity index is 2.13. The molecule has 0 spiro atoms. The average Bonchev–Trinajstić information content (AvgIpc) is 2.72. The molecule has 0 saturated carbocycles. The molecule has 108 valence electrons. The molecule has 0 fully saturated rings. The smallest absolute Gasteiger partial charge is 0.148 e. The van der Waals surface area contributed by atoms with Gasteiger partial charge in [-0.1, -0.05) is 31.2 Å². The first kappa shape index (κ1) is 14.4. The second kappa shape index (κ2) is 6.43. The molecule has 4 N–H and O–H groups in total. The number of aryl methyl sites for hydroxylation is 2. The molecule has 0 atom stereocenters. The number of rotatable bonds is 6. The van der Waals surface area contributed by atoms with Crippen molar-refractivity contribution >= 4 is 11.5 Å². The Kier molecular flexibility index (Phi) is 4.63. The number of hydrogen-bond acceptors (Lipinski definition) is 4. The van der Waals surface area contributed by atoms with Gasteiger partial charge in [-0.2, -0.15) is 5.10 Å². The van der Waals surface area contributed by atoms with Crippen LogP contribution in [0.3, 0.4) is 0 Å². The van der Waals surface area contributed by atoms with E-state index in [9.17, 15) is 0 Å². The highest BCUT2D eigenvalue weighted by Gasteiger charge is 2.11. The number of nitrogens with one attached hydrogen (secondary N) is 1. The Morgan fingerprint density at radius 3 is 2.80 bits per heavy atom. The van der Waals surface area contributed by atoms with E-state index >= 15 is 0 Å². The molecule has 0 saturated heterocycles. The second-order valence-corrected chi connectivity index (χ2v) is 4.90. The average molecular weight is 274 g/mol. The molecule has 1 aromatic heterocycles. The van der Waals surface area contributed by atoms with E-state index < -0.39 is 0 Å². The zero-order valence-corrected chi connectivity index (χ0v) is 12.1. The van der Waals surface area contributed by atoms with E-state index in [2.05, 4.69) is 17.3 Å². The second-order valence-electron chi connectivity index (χ2n) is 4.90. The van der Waals surface area contributed by atoms with Gasteiger partial charge in [-0.25, -0.2) is 4.68 Å². The number of aromatic nitrogens is 2. The van der Waals surface area contributed by atoms with Gasteiger partial charge >= 0.3 is 0 Å². The maximum absolute atomic E-state index is 9.15. The molecule has 5 nitrogen and oxygen atoms in total. The van der Waals surface area contributed by atoms with Crippen molar-refractivity contribution in [3.63, 3.8) is 0 Å². The molecule has 1 aromatic carbocycles. The fourth-order valence-corrected chi connectivity index (χ4v) is 2.18. The summed E-state index contributed by atoms with van der Waals surface area (Å²) in [7, 11) is 0. The van der Waals surface area contributed by atoms with Gasteiger partial charge in [0, 0.05) is 13.1 Å². The number of nitrogens with two attached hydrogens (primary N) is 1. The molecule has 0 amide bonds. The van der Waals surface area contributed by atoms with Gasteiger partial charge in [0.1, 0.15) is 5.82 Å². The first-order chi connectivity index (χ1) is 9.65. The van der Waals surface area contributed by atoms with E-state index in [1.54, 1.807) is 0 Å². The van der Waals surface area contributed by atoms with Crippen LogP contribution in [0, 0.1) is 6.92 Å². The van der Waals surface area contributed by atoms with Crippen LogP contribution in [-0.2, 0) is 19.7 Å². The van der Waals surface area contributed by atoms with Crippen LogP contribution in [-0.4, -0.2) is 14.9 Å². The monoisotopic (exact) mass is 274 g/mol. The van der Waals surface area contributed by atoms with Crippen molar-refractivity contribution in [2.45, 2.75) is 40.0 Å². The lowest BCUT2D eigenvalue weighted by molar-refractivity contribution is 0.281. The van der Waals surface area contributed by atoms with Gasteiger partial charge in [-0.15, -0.1) is 0 Å². The van der Waals surface area contributed by atoms with Crippen molar-refractivity contribution in [3.05, 3.63) is 41.1 Å². The predicted molar refractivity (Wildman–Crippen MR) is 81.4 cm³/mol. The number of nitrogens with zero attached hydrogens (tertiary/aromatic N) is 2. The molecule has 2 aromatic rings. The minimum atomic E-state index is 0.0584. The molecule has 2 rings (SSSR count). The van der Waals surface area contributed by atoms with Crippen LogP contribution in [0.4, 0.5) is 11.5 Å². The van der Waals surface area contributed by atoms with Crippen LogP contribution in [0.1, 0.15) is 30.2 Å². The van der Waals surface area contributed by atoms with Crippen LogP contribution in [0.15, 0.2) is 24.3 Å². The molecule has 1 heterocycles. The van der Waals surface area contributed by atoms with Crippen LogP contribution in [0.25, 0.3) is 0 Å². The van der Waals surface area contributed by atoms with Crippen molar-refractivity contribution in [3.8, 4) is 0 Å². The fraction of sp³-hybridized carbons (Fsp3) is 0.400. The highest BCUT2D eigenvalue weighted by molar-refractivity contribution is 5.64. The molecule has 0 aliphatic rings. The zero-order chi connectivity index (χ0) is 14.5. The van der Waals surface area contributed by atoms with E-state index in [1.807, 2.05) is 35.9 Å². The summed E-state index contributed by atoms with van der Waals surface area (Å²) in [6.45, 7) is 5.59. The number of anilines is 2. The van der Waals surface area contributed by atoms with Crippen LogP contribution < -0.4 is 11.1 Å². The van der Waals surface area contributed by atoms with Crippen molar-refractivity contribution in [1.82, 2.24) is 9.78 Å². The normalized spacial score (nSPS) is 10.8. The Labute approximate surface area is 119 Å². The van der Waals surface area contributed by atoms with E-state index in [0.717, 1.165) is 35.6 Å². The van der Waals surface area contributed by atoms with E-state index in [1.165, 1.54) is 0 Å². The summed E-state index contributed by atoms with van der Waals surface area (Å²) in [4.78, 5) is 0. The van der Waals surface area contributed by atoms with Crippen molar-refractivity contribution in [1.29, 1.82) is 0 Å². The van der Waals surface area contributed by atoms with Gasteiger partial charge in [0.05, 0.1) is 18.0 Å². The van der Waals surface area contributed by atoms with Crippen molar-refractivity contribution in [2.24, 2.45) is 0 Å². The van der Waals surface area contributed by atoms with E-state index in [-0.39, 0.29) is 6.61 Å². The van der Waals surface area contributed by atoms with E-state index in [0.29, 0.717) is 12.2 Å². The third kappa shape index (κ3) is 3.11. The number of aliphatic hydroxyl groups excluding tert-OH is 1. The summed E-state index contributed by atoms with van der Waals surface area (Å²) < 4.78 is 1.92. The molecule has 20 heavy (non-hydrogen) atoms. The number of nitrogen functional groups attached to an aromatic ring is 1. The molecule has 0 unspecified atom stereocenters. The Morgan fingerprint density at radius 2 is 2.10 bits per heavy atom. The van der Waals surface area contributed by atoms with Crippen LogP contribution >= 0.6 is 0 Å². The Hall–Kier alpha value is -2.01. The molecule has 0 bridgehead atoms. The first-order valence-corrected chi connectivity index (χ1v) is 6.91. The summed E-state index contributed by atoms with van der Waals surface area (Å²) in [5.41, 5.74) is 9.65. The quantitative estimate of drug-likeness (QED) is 0.755. The molecule has 0 aliphatic carbocycles. The zero-order valence-electron chi connectivity index (χ0n) is 12.1. The SMILES string of the molecule is CCCn1nc(C)c(N)c1NCc1cccc(CO)c1. The highest BCUT2D eigenvalue weighted by atomic mass is 16.3. The minimum absolute atomic E-state index is 0.0584. The van der Waals surface area contributed by atoms with Gasteiger partial charge < -0.3 is 16.2 Å². The molecular formula is C15H22N4O. The molecule has 0 aliphatic heterocycles. The highest BCUT2D eigenvalue weighted by Crippen LogP contribution is 2.23. The summed E-state index contributed by atoms with van der Waals surface area (Å²) in [5.74, 6) is 0.874. The third-order valence-corrected chi connectivity index (χ3v) is 3.24. The maximum Gasteiger partial charge on any atom is 0.148 e. The Bertz CT molecular complexity index is 577. The standard InChI is InChI=1S/C15H22N4O/c1-3-7-19-15(14(16)11(2)18-19)17-9-12-5-4-6-13(8-12)10-20/h4-6,8,17,20H,3,7,9-10,16H2,1-2H3. The number of benzene rings is 1. The lowest BCUT2D eigenvalue weighted by atomic mass is 10.1. The van der Waals surface area contributed by atoms with Gasteiger partial charge in [0.25, 0.3) is 0 Å². The largest absolute Gasteiger partial charge is 0.394 e. The van der Waals surface area contributed by atoms with Gasteiger partial charge in [-0.05, 0) is 24.5 Å². The summed E-state index contributed by atoms with van der Waals surface area (Å²) in [6.07, 6.45) is 1.01. The lowest BCUT2D eigenvalue weighted by Gasteiger charge is -2.10. The predicted octanol–water partition coefficient (Wildman–Crippen LogP) is 2.29. The lowest BCUT2D eigenvalue weighted by Crippen LogP contribution is -2.09. The Morgan fingerprint density at radius 1 is 1.35 bits per heavy atom.